The van der Waals surface area contributed by atoms with Gasteiger partial charge >= 0.3 is 0 Å². The van der Waals surface area contributed by atoms with E-state index < -0.39 is 5.76 Å². The Morgan fingerprint density at radius 2 is 1.90 bits per heavy atom. The van der Waals surface area contributed by atoms with E-state index in [0.717, 1.165) is 5.56 Å². The molecule has 3 nitrogen and oxygen atoms in total. The standard InChI is InChI=1S/C14H14ClF2N3S/c1-8(2)11-12(15)18-7-19-13(11)20-9-5-3-4-6-10(9)21-14(16)17/h3-8,14H,1-2H3,(H,18,19,20). The van der Waals surface area contributed by atoms with Crippen molar-refractivity contribution in [2.75, 3.05) is 5.32 Å². The molecule has 0 spiro atoms. The molecule has 2 aromatic rings. The van der Waals surface area contributed by atoms with Crippen LogP contribution in [0.5, 0.6) is 0 Å². The molecule has 1 heterocycles. The molecule has 1 aromatic heterocycles. The van der Waals surface area contributed by atoms with Crippen LogP contribution in [0, 0.1) is 0 Å². The Morgan fingerprint density at radius 1 is 1.19 bits per heavy atom. The van der Waals surface area contributed by atoms with Crippen molar-refractivity contribution < 1.29 is 8.78 Å². The number of halogens is 3. The molecule has 7 heteroatoms. The summed E-state index contributed by atoms with van der Waals surface area (Å²) < 4.78 is 25.2. The molecule has 0 saturated carbocycles. The minimum Gasteiger partial charge on any atom is -0.339 e. The Hall–Kier alpha value is -1.40. The second kappa shape index (κ2) is 7.04. The monoisotopic (exact) mass is 329 g/mol. The number of hydrogen-bond donors (Lipinski definition) is 1. The van der Waals surface area contributed by atoms with E-state index in [1.165, 1.54) is 6.33 Å². The van der Waals surface area contributed by atoms with Gasteiger partial charge in [-0.3, -0.25) is 0 Å². The Morgan fingerprint density at radius 3 is 2.57 bits per heavy atom. The first-order valence-corrected chi connectivity index (χ1v) is 7.56. The molecule has 112 valence electrons. The molecule has 0 fully saturated rings. The molecule has 0 unspecified atom stereocenters. The fourth-order valence-electron chi connectivity index (χ4n) is 1.88. The van der Waals surface area contributed by atoms with E-state index in [9.17, 15) is 8.78 Å². The van der Waals surface area contributed by atoms with Crippen molar-refractivity contribution in [1.82, 2.24) is 9.97 Å². The topological polar surface area (TPSA) is 37.8 Å². The maximum atomic E-state index is 12.6. The van der Waals surface area contributed by atoms with E-state index in [0.29, 0.717) is 33.3 Å². The Bertz CT molecular complexity index is 623. The molecule has 1 aromatic carbocycles. The molecule has 0 atom stereocenters. The highest BCUT2D eigenvalue weighted by atomic mass is 35.5. The number of para-hydroxylation sites is 1. The van der Waals surface area contributed by atoms with Crippen LogP contribution in [0.2, 0.25) is 5.15 Å². The van der Waals surface area contributed by atoms with Crippen molar-refractivity contribution in [3.8, 4) is 0 Å². The van der Waals surface area contributed by atoms with E-state index in [4.69, 9.17) is 11.6 Å². The first-order valence-electron chi connectivity index (χ1n) is 6.30. The van der Waals surface area contributed by atoms with Crippen LogP contribution in [-0.2, 0) is 0 Å². The second-order valence-electron chi connectivity index (χ2n) is 4.58. The molecule has 2 rings (SSSR count). The number of aromatic nitrogens is 2. The third-order valence-electron chi connectivity index (χ3n) is 2.77. The van der Waals surface area contributed by atoms with Crippen molar-refractivity contribution >= 4 is 34.9 Å². The summed E-state index contributed by atoms with van der Waals surface area (Å²) in [6.07, 6.45) is 1.35. The highest BCUT2D eigenvalue weighted by Gasteiger charge is 2.16. The summed E-state index contributed by atoms with van der Waals surface area (Å²) in [4.78, 5) is 8.59. The number of rotatable bonds is 5. The first kappa shape index (κ1) is 16.0. The van der Waals surface area contributed by atoms with Crippen molar-refractivity contribution in [1.29, 1.82) is 0 Å². The molecule has 21 heavy (non-hydrogen) atoms. The molecule has 0 aliphatic carbocycles. The predicted octanol–water partition coefficient (Wildman–Crippen LogP) is 5.31. The minimum absolute atomic E-state index is 0.108. The van der Waals surface area contributed by atoms with E-state index in [-0.39, 0.29) is 5.92 Å². The van der Waals surface area contributed by atoms with Crippen LogP contribution in [0.15, 0.2) is 35.5 Å². The lowest BCUT2D eigenvalue weighted by atomic mass is 10.1. The number of hydrogen-bond acceptors (Lipinski definition) is 4. The third-order valence-corrected chi connectivity index (χ3v) is 3.86. The summed E-state index contributed by atoms with van der Waals surface area (Å²) >= 11 is 6.59. The van der Waals surface area contributed by atoms with Gasteiger partial charge in [0.15, 0.2) is 0 Å². The van der Waals surface area contributed by atoms with E-state index >= 15 is 0 Å². The fraction of sp³-hybridized carbons (Fsp3) is 0.286. The zero-order chi connectivity index (χ0) is 15.4. The van der Waals surface area contributed by atoms with Gasteiger partial charge in [-0.05, 0) is 18.1 Å². The number of anilines is 2. The van der Waals surface area contributed by atoms with Crippen molar-refractivity contribution in [3.63, 3.8) is 0 Å². The average Bonchev–Trinajstić information content (AvgIpc) is 2.40. The molecule has 0 amide bonds. The van der Waals surface area contributed by atoms with Gasteiger partial charge in [-0.15, -0.1) is 0 Å². The molecular weight excluding hydrogens is 316 g/mol. The summed E-state index contributed by atoms with van der Waals surface area (Å²) in [5.41, 5.74) is 1.33. The number of nitrogens with zero attached hydrogens (tertiary/aromatic N) is 2. The van der Waals surface area contributed by atoms with E-state index in [2.05, 4.69) is 15.3 Å². The highest BCUT2D eigenvalue weighted by molar-refractivity contribution is 7.99. The lowest BCUT2D eigenvalue weighted by Crippen LogP contribution is -2.03. The second-order valence-corrected chi connectivity index (χ2v) is 5.97. The molecular formula is C14H14ClF2N3S. The zero-order valence-electron chi connectivity index (χ0n) is 11.5. The predicted molar refractivity (Wildman–Crippen MR) is 82.7 cm³/mol. The largest absolute Gasteiger partial charge is 0.339 e. The maximum absolute atomic E-state index is 12.6. The lowest BCUT2D eigenvalue weighted by Gasteiger charge is -2.16. The number of benzene rings is 1. The molecule has 0 aliphatic rings. The van der Waals surface area contributed by atoms with Gasteiger partial charge in [0, 0.05) is 10.5 Å². The van der Waals surface area contributed by atoms with Gasteiger partial charge in [-0.2, -0.15) is 8.78 Å². The third kappa shape index (κ3) is 4.04. The van der Waals surface area contributed by atoms with Crippen molar-refractivity contribution in [2.45, 2.75) is 30.4 Å². The van der Waals surface area contributed by atoms with Crippen molar-refractivity contribution in [2.24, 2.45) is 0 Å². The van der Waals surface area contributed by atoms with E-state index in [1.54, 1.807) is 24.3 Å². The van der Waals surface area contributed by atoms with Crippen LogP contribution in [0.1, 0.15) is 25.3 Å². The summed E-state index contributed by atoms with van der Waals surface area (Å²) in [5, 5.41) is 3.44. The smallest absolute Gasteiger partial charge is 0.288 e. The average molecular weight is 330 g/mol. The van der Waals surface area contributed by atoms with Crippen LogP contribution >= 0.6 is 23.4 Å². The van der Waals surface area contributed by atoms with Gasteiger partial charge in [0.1, 0.15) is 17.3 Å². The highest BCUT2D eigenvalue weighted by Crippen LogP contribution is 2.35. The van der Waals surface area contributed by atoms with Crippen LogP contribution in [0.4, 0.5) is 20.3 Å². The number of thioether (sulfide) groups is 1. The van der Waals surface area contributed by atoms with Crippen LogP contribution in [0.25, 0.3) is 0 Å². The van der Waals surface area contributed by atoms with Gasteiger partial charge in [-0.1, -0.05) is 49.3 Å². The summed E-state index contributed by atoms with van der Waals surface area (Å²) in [7, 11) is 0. The van der Waals surface area contributed by atoms with Crippen LogP contribution in [-0.4, -0.2) is 15.7 Å². The summed E-state index contributed by atoms with van der Waals surface area (Å²) in [6, 6.07) is 6.85. The molecule has 0 radical (unpaired) electrons. The van der Waals surface area contributed by atoms with Gasteiger partial charge < -0.3 is 5.32 Å². The van der Waals surface area contributed by atoms with Gasteiger partial charge in [0.2, 0.25) is 0 Å². The molecule has 0 saturated heterocycles. The van der Waals surface area contributed by atoms with Gasteiger partial charge in [-0.25, -0.2) is 9.97 Å². The van der Waals surface area contributed by atoms with Gasteiger partial charge in [0.05, 0.1) is 5.69 Å². The Labute approximate surface area is 131 Å². The maximum Gasteiger partial charge on any atom is 0.288 e. The zero-order valence-corrected chi connectivity index (χ0v) is 13.1. The fourth-order valence-corrected chi connectivity index (χ4v) is 2.83. The quantitative estimate of drug-likeness (QED) is 0.595. The normalized spacial score (nSPS) is 11.2. The van der Waals surface area contributed by atoms with Crippen LogP contribution in [0.3, 0.4) is 0 Å². The summed E-state index contributed by atoms with van der Waals surface area (Å²) in [6.45, 7) is 3.94. The first-order chi connectivity index (χ1) is 9.99. The number of alkyl halides is 2. The molecule has 1 N–H and O–H groups in total. The van der Waals surface area contributed by atoms with Crippen LogP contribution < -0.4 is 5.32 Å². The molecule has 0 bridgehead atoms. The van der Waals surface area contributed by atoms with E-state index in [1.807, 2.05) is 13.8 Å². The number of nitrogens with one attached hydrogen (secondary N) is 1. The van der Waals surface area contributed by atoms with Gasteiger partial charge in [0.25, 0.3) is 5.76 Å². The Kier molecular flexibility index (Phi) is 5.36. The molecule has 0 aliphatic heterocycles. The van der Waals surface area contributed by atoms with Crippen molar-refractivity contribution in [3.05, 3.63) is 41.3 Å². The Balaban J connectivity index is 2.37. The minimum atomic E-state index is -2.48. The SMILES string of the molecule is CC(C)c1c(Cl)ncnc1Nc1ccccc1SC(F)F. The summed E-state index contributed by atoms with van der Waals surface area (Å²) in [5.74, 6) is -1.84. The lowest BCUT2D eigenvalue weighted by molar-refractivity contribution is 0.252.